The molecule has 0 aromatic heterocycles. The van der Waals surface area contributed by atoms with Crippen molar-refractivity contribution in [2.24, 2.45) is 10.2 Å². The van der Waals surface area contributed by atoms with Crippen LogP contribution in [-0.4, -0.2) is 34.0 Å². The third-order valence-corrected chi connectivity index (χ3v) is 5.08. The van der Waals surface area contributed by atoms with Gasteiger partial charge in [0.05, 0.1) is 4.92 Å². The second-order valence-electron chi connectivity index (χ2n) is 6.31. The molecular weight excluding hydrogens is 444 g/mol. The minimum absolute atomic E-state index is 0.103. The van der Waals surface area contributed by atoms with E-state index in [1.807, 2.05) is 0 Å². The van der Waals surface area contributed by atoms with Crippen molar-refractivity contribution in [1.82, 2.24) is 0 Å². The highest BCUT2D eigenvalue weighted by Gasteiger charge is 2.22. The third-order valence-electron chi connectivity index (χ3n) is 4.21. The zero-order valence-electron chi connectivity index (χ0n) is 16.0. The predicted molar refractivity (Wildman–Crippen MR) is 113 cm³/mol. The molecule has 12 nitrogen and oxygen atoms in total. The Morgan fingerprint density at radius 1 is 1.12 bits per heavy atom. The Bertz CT molecular complexity index is 1420. The van der Waals surface area contributed by atoms with E-state index in [0.29, 0.717) is 0 Å². The summed E-state index contributed by atoms with van der Waals surface area (Å²) in [6.07, 6.45) is 1.03. The summed E-state index contributed by atoms with van der Waals surface area (Å²) in [6, 6.07) is 8.03. The van der Waals surface area contributed by atoms with Gasteiger partial charge in [0.25, 0.3) is 15.8 Å². The van der Waals surface area contributed by atoms with Crippen LogP contribution in [0.1, 0.15) is 0 Å². The van der Waals surface area contributed by atoms with E-state index in [2.05, 4.69) is 22.1 Å². The molecule has 4 N–H and O–H groups in total. The first-order valence-electron chi connectivity index (χ1n) is 8.61. The molecule has 0 aliphatic carbocycles. The van der Waals surface area contributed by atoms with Crippen LogP contribution >= 0.6 is 0 Å². The highest BCUT2D eigenvalue weighted by Crippen LogP contribution is 2.42. The van der Waals surface area contributed by atoms with Crippen molar-refractivity contribution in [2.75, 3.05) is 5.32 Å². The molecule has 0 heterocycles. The number of carbonyl (C=O) groups is 1. The fraction of sp³-hybridized carbons (Fsp3) is 0. The van der Waals surface area contributed by atoms with Crippen molar-refractivity contribution in [1.29, 1.82) is 0 Å². The smallest absolute Gasteiger partial charge is 0.296 e. The molecule has 0 radical (unpaired) electrons. The number of rotatable bonds is 6. The minimum atomic E-state index is -4.91. The van der Waals surface area contributed by atoms with E-state index in [0.717, 1.165) is 30.3 Å². The summed E-state index contributed by atoms with van der Waals surface area (Å²) >= 11 is 0. The Kier molecular flexibility index (Phi) is 5.87. The van der Waals surface area contributed by atoms with Crippen LogP contribution in [0.3, 0.4) is 0 Å². The lowest BCUT2D eigenvalue weighted by atomic mass is 10.1. The second-order valence-corrected chi connectivity index (χ2v) is 7.70. The lowest BCUT2D eigenvalue weighted by Crippen LogP contribution is -2.07. The number of aromatic hydroxyl groups is 2. The van der Waals surface area contributed by atoms with E-state index in [9.17, 15) is 38.1 Å². The summed E-state index contributed by atoms with van der Waals surface area (Å²) in [5, 5.41) is 41.3. The van der Waals surface area contributed by atoms with Crippen LogP contribution in [0, 0.1) is 10.1 Å². The number of non-ortho nitro benzene ring substituents is 1. The summed E-state index contributed by atoms with van der Waals surface area (Å²) in [5.74, 6) is -1.69. The van der Waals surface area contributed by atoms with E-state index < -0.39 is 48.7 Å². The lowest BCUT2D eigenvalue weighted by molar-refractivity contribution is -0.384. The molecule has 1 amide bonds. The van der Waals surface area contributed by atoms with Crippen LogP contribution in [0.25, 0.3) is 10.8 Å². The van der Waals surface area contributed by atoms with E-state index in [1.165, 1.54) is 18.2 Å². The van der Waals surface area contributed by atoms with Crippen molar-refractivity contribution >= 4 is 49.5 Å². The van der Waals surface area contributed by atoms with Crippen molar-refractivity contribution in [3.63, 3.8) is 0 Å². The molecule has 3 aromatic carbocycles. The third kappa shape index (κ3) is 4.53. The fourth-order valence-corrected chi connectivity index (χ4v) is 3.38. The van der Waals surface area contributed by atoms with Crippen LogP contribution in [0.5, 0.6) is 11.5 Å². The monoisotopic (exact) mass is 458 g/mol. The van der Waals surface area contributed by atoms with Gasteiger partial charge in [-0.3, -0.25) is 19.5 Å². The van der Waals surface area contributed by atoms with Gasteiger partial charge in [-0.1, -0.05) is 6.58 Å². The first-order chi connectivity index (χ1) is 15.0. The minimum Gasteiger partial charge on any atom is -0.506 e. The standard InChI is InChI=1S/C19H14N4O8S/c1-2-17(25)20-11-3-5-13-10(7-11)8-16(32(29,30)31)18(19(13)26)22-21-14-9-12(23(27)28)4-6-15(14)24/h2-9,24,26H,1H2,(H,20,25)(H,29,30,31). The second kappa shape index (κ2) is 8.41. The Labute approximate surface area is 180 Å². The Morgan fingerprint density at radius 2 is 1.84 bits per heavy atom. The number of phenolic OH excluding ortho intramolecular Hbond substituents is 2. The van der Waals surface area contributed by atoms with Gasteiger partial charge >= 0.3 is 0 Å². The molecular formula is C19H14N4O8S. The molecule has 0 unspecified atom stereocenters. The fourth-order valence-electron chi connectivity index (χ4n) is 2.73. The summed E-state index contributed by atoms with van der Waals surface area (Å²) in [7, 11) is -4.91. The van der Waals surface area contributed by atoms with Gasteiger partial charge in [-0.25, -0.2) is 0 Å². The van der Waals surface area contributed by atoms with Gasteiger partial charge in [0, 0.05) is 23.2 Å². The quantitative estimate of drug-likeness (QED) is 0.140. The summed E-state index contributed by atoms with van der Waals surface area (Å²) in [6.45, 7) is 3.32. The normalized spacial score (nSPS) is 11.5. The van der Waals surface area contributed by atoms with E-state index in [-0.39, 0.29) is 22.1 Å². The Hall–Kier alpha value is -4.36. The number of nitrogens with zero attached hydrogens (tertiary/aromatic N) is 3. The summed E-state index contributed by atoms with van der Waals surface area (Å²) in [5.41, 5.74) is -1.18. The van der Waals surface area contributed by atoms with Crippen molar-refractivity contribution < 1.29 is 32.9 Å². The topological polar surface area (TPSA) is 192 Å². The average Bonchev–Trinajstić information content (AvgIpc) is 2.72. The SMILES string of the molecule is C=CC(=O)Nc1ccc2c(O)c(N=Nc3cc([N+](=O)[O-])ccc3O)c(S(=O)(=O)O)cc2c1. The van der Waals surface area contributed by atoms with Crippen molar-refractivity contribution in [3.05, 3.63) is 65.2 Å². The molecule has 0 bridgehead atoms. The molecule has 0 aliphatic rings. The molecule has 32 heavy (non-hydrogen) atoms. The zero-order chi connectivity index (χ0) is 23.6. The van der Waals surface area contributed by atoms with E-state index >= 15 is 0 Å². The number of azo groups is 1. The number of amides is 1. The van der Waals surface area contributed by atoms with Gasteiger partial charge in [0.2, 0.25) is 5.91 Å². The maximum absolute atomic E-state index is 11.9. The first kappa shape index (κ1) is 22.3. The average molecular weight is 458 g/mol. The molecule has 0 spiro atoms. The van der Waals surface area contributed by atoms with Crippen LogP contribution in [0.2, 0.25) is 0 Å². The lowest BCUT2D eigenvalue weighted by Gasteiger charge is -2.10. The molecule has 3 aromatic rings. The number of nitro benzene ring substituents is 1. The van der Waals surface area contributed by atoms with Gasteiger partial charge in [-0.2, -0.15) is 8.42 Å². The zero-order valence-corrected chi connectivity index (χ0v) is 16.8. The number of phenols is 2. The Balaban J connectivity index is 2.19. The molecule has 0 aliphatic heterocycles. The predicted octanol–water partition coefficient (Wildman–Crippen LogP) is 3.95. The highest BCUT2D eigenvalue weighted by atomic mass is 32.2. The van der Waals surface area contributed by atoms with Gasteiger partial charge in [0.15, 0.2) is 5.75 Å². The maximum Gasteiger partial charge on any atom is 0.296 e. The van der Waals surface area contributed by atoms with Gasteiger partial charge < -0.3 is 15.5 Å². The van der Waals surface area contributed by atoms with E-state index in [1.54, 1.807) is 0 Å². The summed E-state index contributed by atoms with van der Waals surface area (Å²) in [4.78, 5) is 20.8. The number of benzene rings is 3. The van der Waals surface area contributed by atoms with Crippen LogP contribution in [0.4, 0.5) is 22.7 Å². The van der Waals surface area contributed by atoms with Crippen LogP contribution < -0.4 is 5.32 Å². The van der Waals surface area contributed by atoms with Gasteiger partial charge in [-0.05, 0) is 41.8 Å². The van der Waals surface area contributed by atoms with E-state index in [4.69, 9.17) is 0 Å². The van der Waals surface area contributed by atoms with Crippen molar-refractivity contribution in [3.8, 4) is 11.5 Å². The number of nitro groups is 1. The number of nitrogens with one attached hydrogen (secondary N) is 1. The molecule has 13 heteroatoms. The maximum atomic E-state index is 11.9. The first-order valence-corrected chi connectivity index (χ1v) is 10.0. The number of carbonyl (C=O) groups excluding carboxylic acids is 1. The molecule has 0 saturated heterocycles. The molecule has 0 atom stereocenters. The number of hydrogen-bond donors (Lipinski definition) is 4. The largest absolute Gasteiger partial charge is 0.506 e. The van der Waals surface area contributed by atoms with Crippen LogP contribution in [0.15, 0.2) is 70.2 Å². The summed E-state index contributed by atoms with van der Waals surface area (Å²) < 4.78 is 33.4. The van der Waals surface area contributed by atoms with Crippen LogP contribution in [-0.2, 0) is 14.9 Å². The molecule has 0 saturated carbocycles. The number of hydrogen-bond acceptors (Lipinski definition) is 9. The number of anilines is 1. The number of fused-ring (bicyclic) bond motifs is 1. The molecule has 3 rings (SSSR count). The van der Waals surface area contributed by atoms with Gasteiger partial charge in [0.1, 0.15) is 22.0 Å². The Morgan fingerprint density at radius 3 is 2.47 bits per heavy atom. The van der Waals surface area contributed by atoms with Crippen molar-refractivity contribution in [2.45, 2.75) is 4.90 Å². The van der Waals surface area contributed by atoms with Gasteiger partial charge in [-0.15, -0.1) is 10.2 Å². The highest BCUT2D eigenvalue weighted by molar-refractivity contribution is 7.86. The molecule has 0 fully saturated rings. The molecule has 164 valence electrons.